The summed E-state index contributed by atoms with van der Waals surface area (Å²) in [5.41, 5.74) is 1.28. The molecule has 0 fully saturated rings. The van der Waals surface area contributed by atoms with Crippen molar-refractivity contribution < 1.29 is 0 Å². The molecule has 0 aliphatic carbocycles. The number of hydrogen-bond donors (Lipinski definition) is 1. The summed E-state index contributed by atoms with van der Waals surface area (Å²) in [7, 11) is 2.01. The molecule has 0 aliphatic heterocycles. The van der Waals surface area contributed by atoms with Gasteiger partial charge in [-0.05, 0) is 35.8 Å². The minimum absolute atomic E-state index is 0.401. The first-order valence-corrected chi connectivity index (χ1v) is 6.42. The highest BCUT2D eigenvalue weighted by atomic mass is 79.9. The van der Waals surface area contributed by atoms with Gasteiger partial charge < -0.3 is 5.32 Å². The van der Waals surface area contributed by atoms with Gasteiger partial charge in [-0.2, -0.15) is 5.10 Å². The third kappa shape index (κ3) is 3.05. The zero-order valence-electron chi connectivity index (χ0n) is 9.76. The second-order valence-corrected chi connectivity index (χ2v) is 4.59. The molecule has 0 radical (unpaired) electrons. The highest BCUT2D eigenvalue weighted by Gasteiger charge is 2.17. The van der Waals surface area contributed by atoms with Crippen LogP contribution in [0.15, 0.2) is 10.7 Å². The summed E-state index contributed by atoms with van der Waals surface area (Å²) in [6.45, 7) is 5.37. The number of aromatic nitrogens is 2. The van der Waals surface area contributed by atoms with Crippen molar-refractivity contribution in [1.82, 2.24) is 15.1 Å². The molecular formula is C11H20BrN3. The van der Waals surface area contributed by atoms with E-state index in [-0.39, 0.29) is 0 Å². The van der Waals surface area contributed by atoms with Gasteiger partial charge in [0, 0.05) is 6.54 Å². The Labute approximate surface area is 100 Å². The molecule has 1 rings (SSSR count). The van der Waals surface area contributed by atoms with Crippen LogP contribution in [0.2, 0.25) is 0 Å². The first-order valence-electron chi connectivity index (χ1n) is 5.63. The van der Waals surface area contributed by atoms with Gasteiger partial charge in [-0.15, -0.1) is 0 Å². The van der Waals surface area contributed by atoms with Crippen molar-refractivity contribution >= 4 is 15.9 Å². The van der Waals surface area contributed by atoms with E-state index in [4.69, 9.17) is 0 Å². The van der Waals surface area contributed by atoms with E-state index in [0.29, 0.717) is 6.04 Å². The molecule has 0 saturated heterocycles. The standard InChI is InChI=1S/C11H20BrN3/c1-4-6-10(13-3)11-9(12)8-14-15(11)7-5-2/h8,10,13H,4-7H2,1-3H3. The lowest BCUT2D eigenvalue weighted by molar-refractivity contribution is 0.471. The number of nitrogens with one attached hydrogen (secondary N) is 1. The van der Waals surface area contributed by atoms with Crippen LogP contribution < -0.4 is 5.32 Å². The summed E-state index contributed by atoms with van der Waals surface area (Å²) in [4.78, 5) is 0. The second-order valence-electron chi connectivity index (χ2n) is 3.73. The minimum Gasteiger partial charge on any atom is -0.312 e. The van der Waals surface area contributed by atoms with E-state index in [9.17, 15) is 0 Å². The summed E-state index contributed by atoms with van der Waals surface area (Å²) < 4.78 is 3.21. The van der Waals surface area contributed by atoms with Crippen molar-refractivity contribution in [2.24, 2.45) is 0 Å². The van der Waals surface area contributed by atoms with E-state index in [0.717, 1.165) is 23.9 Å². The lowest BCUT2D eigenvalue weighted by Crippen LogP contribution is -2.20. The third-order valence-electron chi connectivity index (χ3n) is 2.52. The fraction of sp³-hybridized carbons (Fsp3) is 0.727. The molecule has 0 spiro atoms. The molecule has 1 aromatic heterocycles. The first-order chi connectivity index (χ1) is 7.24. The quantitative estimate of drug-likeness (QED) is 0.863. The number of hydrogen-bond acceptors (Lipinski definition) is 2. The van der Waals surface area contributed by atoms with Crippen molar-refractivity contribution in [3.8, 4) is 0 Å². The Morgan fingerprint density at radius 1 is 1.47 bits per heavy atom. The Balaban J connectivity index is 2.92. The minimum atomic E-state index is 0.401. The van der Waals surface area contributed by atoms with Crippen LogP contribution in [-0.2, 0) is 6.54 Å². The maximum absolute atomic E-state index is 4.39. The fourth-order valence-corrected chi connectivity index (χ4v) is 2.39. The first kappa shape index (κ1) is 12.7. The van der Waals surface area contributed by atoms with Gasteiger partial charge in [0.1, 0.15) is 0 Å². The Morgan fingerprint density at radius 3 is 2.73 bits per heavy atom. The summed E-state index contributed by atoms with van der Waals surface area (Å²) in [6, 6.07) is 0.401. The molecule has 1 heterocycles. The molecule has 1 aromatic rings. The molecule has 0 bridgehead atoms. The summed E-state index contributed by atoms with van der Waals surface area (Å²) in [6.07, 6.45) is 5.33. The van der Waals surface area contributed by atoms with Crippen molar-refractivity contribution in [3.05, 3.63) is 16.4 Å². The second kappa shape index (κ2) is 6.28. The third-order valence-corrected chi connectivity index (χ3v) is 3.14. The molecule has 15 heavy (non-hydrogen) atoms. The Morgan fingerprint density at radius 2 is 2.20 bits per heavy atom. The average Bonchev–Trinajstić information content (AvgIpc) is 2.58. The summed E-state index contributed by atoms with van der Waals surface area (Å²) in [5.74, 6) is 0. The SMILES string of the molecule is CCCC(NC)c1c(Br)cnn1CCC. The fourth-order valence-electron chi connectivity index (χ4n) is 1.81. The van der Waals surface area contributed by atoms with Gasteiger partial charge in [-0.25, -0.2) is 0 Å². The number of rotatable bonds is 6. The van der Waals surface area contributed by atoms with E-state index < -0.39 is 0 Å². The Hall–Kier alpha value is -0.350. The molecule has 0 amide bonds. The molecule has 4 heteroatoms. The average molecular weight is 274 g/mol. The summed E-state index contributed by atoms with van der Waals surface area (Å²) in [5, 5.41) is 7.74. The Kier molecular flexibility index (Phi) is 5.32. The van der Waals surface area contributed by atoms with E-state index in [1.807, 2.05) is 13.2 Å². The highest BCUT2D eigenvalue weighted by Crippen LogP contribution is 2.26. The van der Waals surface area contributed by atoms with Crippen molar-refractivity contribution in [2.75, 3.05) is 7.05 Å². The smallest absolute Gasteiger partial charge is 0.0695 e. The van der Waals surface area contributed by atoms with Crippen LogP contribution in [-0.4, -0.2) is 16.8 Å². The van der Waals surface area contributed by atoms with Crippen LogP contribution in [0, 0.1) is 0 Å². The lowest BCUT2D eigenvalue weighted by Gasteiger charge is -2.17. The largest absolute Gasteiger partial charge is 0.312 e. The lowest BCUT2D eigenvalue weighted by atomic mass is 10.1. The van der Waals surface area contributed by atoms with Crippen molar-refractivity contribution in [1.29, 1.82) is 0 Å². The summed E-state index contributed by atoms with van der Waals surface area (Å²) >= 11 is 3.58. The molecule has 0 aromatic carbocycles. The number of aryl methyl sites for hydroxylation is 1. The molecule has 3 nitrogen and oxygen atoms in total. The van der Waals surface area contributed by atoms with Gasteiger partial charge in [-0.3, -0.25) is 4.68 Å². The maximum atomic E-state index is 4.39. The van der Waals surface area contributed by atoms with Gasteiger partial charge in [0.05, 0.1) is 22.4 Å². The van der Waals surface area contributed by atoms with Crippen LogP contribution >= 0.6 is 15.9 Å². The van der Waals surface area contributed by atoms with Crippen LogP contribution in [0.1, 0.15) is 44.8 Å². The predicted octanol–water partition coefficient (Wildman–Crippen LogP) is 3.12. The van der Waals surface area contributed by atoms with Crippen LogP contribution in [0.25, 0.3) is 0 Å². The van der Waals surface area contributed by atoms with Crippen LogP contribution in [0.3, 0.4) is 0 Å². The van der Waals surface area contributed by atoms with Crippen molar-refractivity contribution in [2.45, 2.75) is 45.7 Å². The zero-order valence-corrected chi connectivity index (χ0v) is 11.3. The normalized spacial score (nSPS) is 13.1. The van der Waals surface area contributed by atoms with Crippen LogP contribution in [0.5, 0.6) is 0 Å². The topological polar surface area (TPSA) is 29.9 Å². The van der Waals surface area contributed by atoms with Gasteiger partial charge in [0.25, 0.3) is 0 Å². The predicted molar refractivity (Wildman–Crippen MR) is 66.9 cm³/mol. The molecule has 1 N–H and O–H groups in total. The number of halogens is 1. The molecule has 0 saturated carbocycles. The van der Waals surface area contributed by atoms with E-state index >= 15 is 0 Å². The Bertz CT molecular complexity index is 296. The van der Waals surface area contributed by atoms with E-state index in [1.54, 1.807) is 0 Å². The van der Waals surface area contributed by atoms with Gasteiger partial charge in [0.15, 0.2) is 0 Å². The molecule has 0 aliphatic rings. The molecule has 86 valence electrons. The molecule has 1 unspecified atom stereocenters. The van der Waals surface area contributed by atoms with Gasteiger partial charge >= 0.3 is 0 Å². The van der Waals surface area contributed by atoms with E-state index in [2.05, 4.69) is 44.9 Å². The monoisotopic (exact) mass is 273 g/mol. The van der Waals surface area contributed by atoms with Crippen LogP contribution in [0.4, 0.5) is 0 Å². The molecular weight excluding hydrogens is 254 g/mol. The van der Waals surface area contributed by atoms with Gasteiger partial charge in [-0.1, -0.05) is 20.3 Å². The highest BCUT2D eigenvalue weighted by molar-refractivity contribution is 9.10. The zero-order chi connectivity index (χ0) is 11.3. The number of nitrogens with zero attached hydrogens (tertiary/aromatic N) is 2. The van der Waals surface area contributed by atoms with Crippen molar-refractivity contribution in [3.63, 3.8) is 0 Å². The molecule has 1 atom stereocenters. The maximum Gasteiger partial charge on any atom is 0.0695 e. The van der Waals surface area contributed by atoms with E-state index in [1.165, 1.54) is 12.1 Å². The van der Waals surface area contributed by atoms with Gasteiger partial charge in [0.2, 0.25) is 0 Å².